The van der Waals surface area contributed by atoms with Gasteiger partial charge in [0.1, 0.15) is 4.88 Å². The van der Waals surface area contributed by atoms with E-state index in [0.29, 0.717) is 16.1 Å². The molecule has 2 rings (SSSR count). The number of esters is 1. The number of para-hydroxylation sites is 1. The molecule has 0 saturated heterocycles. The predicted octanol–water partition coefficient (Wildman–Crippen LogP) is 3.57. The van der Waals surface area contributed by atoms with Gasteiger partial charge in [-0.2, -0.15) is 0 Å². The summed E-state index contributed by atoms with van der Waals surface area (Å²) >= 11 is 4.69. The van der Waals surface area contributed by atoms with Gasteiger partial charge >= 0.3 is 5.97 Å². The van der Waals surface area contributed by atoms with E-state index in [0.717, 1.165) is 4.47 Å². The molecule has 1 heterocycles. The molecule has 0 fully saturated rings. The monoisotopic (exact) mass is 353 g/mol. The third-order valence-electron chi connectivity index (χ3n) is 2.79. The first-order valence-corrected chi connectivity index (χ1v) is 7.42. The molecular weight excluding hydrogens is 342 g/mol. The van der Waals surface area contributed by atoms with Gasteiger partial charge in [-0.1, -0.05) is 12.1 Å². The third kappa shape index (κ3) is 2.76. The van der Waals surface area contributed by atoms with E-state index < -0.39 is 5.97 Å². The lowest BCUT2D eigenvalue weighted by atomic mass is 10.1. The van der Waals surface area contributed by atoms with Gasteiger partial charge in [0.05, 0.1) is 18.4 Å². The first-order valence-electron chi connectivity index (χ1n) is 5.74. The molecule has 0 aliphatic carbocycles. The highest BCUT2D eigenvalue weighted by atomic mass is 79.9. The Morgan fingerprint density at radius 2 is 1.95 bits per heavy atom. The molecule has 0 radical (unpaired) electrons. The van der Waals surface area contributed by atoms with Crippen LogP contribution in [0.2, 0.25) is 0 Å². The SMILES string of the molecule is COC(=O)c1ccccc1N(C)C(=O)c1sccc1Br. The van der Waals surface area contributed by atoms with E-state index in [4.69, 9.17) is 4.74 Å². The molecule has 0 aliphatic heterocycles. The van der Waals surface area contributed by atoms with Crippen molar-refractivity contribution in [2.45, 2.75) is 0 Å². The van der Waals surface area contributed by atoms with E-state index in [9.17, 15) is 9.59 Å². The van der Waals surface area contributed by atoms with Gasteiger partial charge in [0, 0.05) is 11.5 Å². The average molecular weight is 354 g/mol. The molecule has 4 nitrogen and oxygen atoms in total. The first-order chi connectivity index (χ1) is 9.56. The van der Waals surface area contributed by atoms with Crippen LogP contribution in [0.5, 0.6) is 0 Å². The highest BCUT2D eigenvalue weighted by Gasteiger charge is 2.22. The number of hydrogen-bond donors (Lipinski definition) is 0. The molecule has 1 amide bonds. The molecule has 0 saturated carbocycles. The van der Waals surface area contributed by atoms with Crippen LogP contribution in [0.3, 0.4) is 0 Å². The number of carbonyl (C=O) groups is 2. The number of thiophene rings is 1. The van der Waals surface area contributed by atoms with E-state index in [2.05, 4.69) is 15.9 Å². The largest absolute Gasteiger partial charge is 0.465 e. The third-order valence-corrected chi connectivity index (χ3v) is 4.61. The van der Waals surface area contributed by atoms with Crippen molar-refractivity contribution in [3.8, 4) is 0 Å². The lowest BCUT2D eigenvalue weighted by molar-refractivity contribution is 0.0601. The van der Waals surface area contributed by atoms with Crippen LogP contribution in [-0.4, -0.2) is 26.0 Å². The van der Waals surface area contributed by atoms with Crippen LogP contribution < -0.4 is 4.90 Å². The Morgan fingerprint density at radius 1 is 1.25 bits per heavy atom. The average Bonchev–Trinajstić information content (AvgIpc) is 2.91. The zero-order chi connectivity index (χ0) is 14.7. The normalized spacial score (nSPS) is 10.2. The maximum absolute atomic E-state index is 12.4. The molecule has 20 heavy (non-hydrogen) atoms. The van der Waals surface area contributed by atoms with Crippen molar-refractivity contribution in [2.75, 3.05) is 19.1 Å². The summed E-state index contributed by atoms with van der Waals surface area (Å²) in [6, 6.07) is 8.67. The topological polar surface area (TPSA) is 46.6 Å². The van der Waals surface area contributed by atoms with E-state index in [1.54, 1.807) is 31.3 Å². The molecule has 0 unspecified atom stereocenters. The Labute approximate surface area is 129 Å². The first kappa shape index (κ1) is 14.7. The van der Waals surface area contributed by atoms with Crippen molar-refractivity contribution in [3.63, 3.8) is 0 Å². The highest BCUT2D eigenvalue weighted by molar-refractivity contribution is 9.10. The van der Waals surface area contributed by atoms with Crippen molar-refractivity contribution < 1.29 is 14.3 Å². The number of rotatable bonds is 3. The number of anilines is 1. The molecule has 6 heteroatoms. The number of amides is 1. The van der Waals surface area contributed by atoms with E-state index in [1.807, 2.05) is 11.4 Å². The lowest BCUT2D eigenvalue weighted by Gasteiger charge is -2.19. The maximum Gasteiger partial charge on any atom is 0.339 e. The van der Waals surface area contributed by atoms with E-state index in [-0.39, 0.29) is 5.91 Å². The Kier molecular flexibility index (Phi) is 4.57. The number of nitrogens with zero attached hydrogens (tertiary/aromatic N) is 1. The minimum absolute atomic E-state index is 0.178. The maximum atomic E-state index is 12.4. The van der Waals surface area contributed by atoms with Gasteiger partial charge in [-0.05, 0) is 39.5 Å². The van der Waals surface area contributed by atoms with Gasteiger partial charge in [0.15, 0.2) is 0 Å². The van der Waals surface area contributed by atoms with Crippen LogP contribution in [0.4, 0.5) is 5.69 Å². The second kappa shape index (κ2) is 6.19. The molecule has 1 aromatic carbocycles. The minimum Gasteiger partial charge on any atom is -0.465 e. The van der Waals surface area contributed by atoms with Crippen molar-refractivity contribution >= 4 is 44.8 Å². The highest BCUT2D eigenvalue weighted by Crippen LogP contribution is 2.27. The number of carbonyl (C=O) groups excluding carboxylic acids is 2. The molecule has 0 spiro atoms. The van der Waals surface area contributed by atoms with Crippen LogP contribution in [0, 0.1) is 0 Å². The Morgan fingerprint density at radius 3 is 2.55 bits per heavy atom. The minimum atomic E-state index is -0.467. The standard InChI is InChI=1S/C14H12BrNO3S/c1-16(13(17)12-10(15)7-8-20-12)11-6-4-3-5-9(11)14(18)19-2/h3-8H,1-2H3. The zero-order valence-electron chi connectivity index (χ0n) is 10.9. The summed E-state index contributed by atoms with van der Waals surface area (Å²) in [6.45, 7) is 0. The molecule has 1 aromatic heterocycles. The summed E-state index contributed by atoms with van der Waals surface area (Å²) in [4.78, 5) is 26.2. The van der Waals surface area contributed by atoms with Crippen molar-refractivity contribution in [2.24, 2.45) is 0 Å². The number of ether oxygens (including phenoxy) is 1. The summed E-state index contributed by atoms with van der Waals surface area (Å²) in [5.74, 6) is -0.645. The van der Waals surface area contributed by atoms with Crippen molar-refractivity contribution in [3.05, 3.63) is 50.6 Å². The van der Waals surface area contributed by atoms with Gasteiger partial charge < -0.3 is 9.64 Å². The second-order valence-corrected chi connectivity index (χ2v) is 5.74. The summed E-state index contributed by atoms with van der Waals surface area (Å²) in [5, 5.41) is 1.83. The van der Waals surface area contributed by atoms with E-state index >= 15 is 0 Å². The van der Waals surface area contributed by atoms with Crippen molar-refractivity contribution in [1.29, 1.82) is 0 Å². The van der Waals surface area contributed by atoms with Crippen LogP contribution in [-0.2, 0) is 4.74 Å². The van der Waals surface area contributed by atoms with Gasteiger partial charge in [-0.25, -0.2) is 4.79 Å². The number of benzene rings is 1. The Bertz CT molecular complexity index is 653. The molecule has 0 bridgehead atoms. The molecule has 0 aliphatic rings. The van der Waals surface area contributed by atoms with Crippen LogP contribution in [0.15, 0.2) is 40.2 Å². The number of methoxy groups -OCH3 is 1. The summed E-state index contributed by atoms with van der Waals surface area (Å²) < 4.78 is 5.48. The zero-order valence-corrected chi connectivity index (χ0v) is 13.3. The smallest absolute Gasteiger partial charge is 0.339 e. The van der Waals surface area contributed by atoms with Crippen LogP contribution >= 0.6 is 27.3 Å². The fourth-order valence-corrected chi connectivity index (χ4v) is 3.27. The van der Waals surface area contributed by atoms with Gasteiger partial charge in [0.2, 0.25) is 0 Å². The van der Waals surface area contributed by atoms with Gasteiger partial charge in [-0.15, -0.1) is 11.3 Å². The summed E-state index contributed by atoms with van der Waals surface area (Å²) in [5.41, 5.74) is 0.878. The van der Waals surface area contributed by atoms with Gasteiger partial charge in [0.25, 0.3) is 5.91 Å². The predicted molar refractivity (Wildman–Crippen MR) is 82.5 cm³/mol. The fourth-order valence-electron chi connectivity index (χ4n) is 1.76. The molecule has 2 aromatic rings. The Hall–Kier alpha value is -1.66. The van der Waals surface area contributed by atoms with Crippen LogP contribution in [0.25, 0.3) is 0 Å². The summed E-state index contributed by atoms with van der Waals surface area (Å²) in [7, 11) is 2.95. The number of hydrogen-bond acceptors (Lipinski definition) is 4. The lowest BCUT2D eigenvalue weighted by Crippen LogP contribution is -2.27. The second-order valence-electron chi connectivity index (χ2n) is 3.97. The Balaban J connectivity index is 2.39. The van der Waals surface area contributed by atoms with Crippen LogP contribution in [0.1, 0.15) is 20.0 Å². The molecule has 0 atom stereocenters. The quantitative estimate of drug-likeness (QED) is 0.792. The van der Waals surface area contributed by atoms with E-state index in [1.165, 1.54) is 23.3 Å². The summed E-state index contributed by atoms with van der Waals surface area (Å²) in [6.07, 6.45) is 0. The fraction of sp³-hybridized carbons (Fsp3) is 0.143. The molecule has 104 valence electrons. The molecular formula is C14H12BrNO3S. The molecule has 0 N–H and O–H groups in total. The van der Waals surface area contributed by atoms with Crippen molar-refractivity contribution in [1.82, 2.24) is 0 Å². The number of halogens is 1. The van der Waals surface area contributed by atoms with Gasteiger partial charge in [-0.3, -0.25) is 4.79 Å².